The average Bonchev–Trinajstić information content (AvgIpc) is 3.67. The molecule has 1 aliphatic heterocycles. The fraction of sp³-hybridized carbons (Fsp3) is 0.353. The van der Waals surface area contributed by atoms with Crippen LogP contribution in [0.1, 0.15) is 78.5 Å². The third kappa shape index (κ3) is 4.79. The molecule has 1 N–H and O–H groups in total. The molecule has 6 heteroatoms. The molecule has 3 heterocycles. The van der Waals surface area contributed by atoms with E-state index in [1.54, 1.807) is 0 Å². The zero-order chi connectivity index (χ0) is 27.8. The van der Waals surface area contributed by atoms with E-state index in [2.05, 4.69) is 97.1 Å². The lowest BCUT2D eigenvalue weighted by molar-refractivity contribution is 0.210. The van der Waals surface area contributed by atoms with Gasteiger partial charge in [-0.2, -0.15) is 0 Å². The van der Waals surface area contributed by atoms with Gasteiger partial charge >= 0.3 is 0 Å². The molecule has 4 aromatic rings. The van der Waals surface area contributed by atoms with Gasteiger partial charge in [-0.25, -0.2) is 0 Å². The van der Waals surface area contributed by atoms with Crippen LogP contribution in [0.5, 0.6) is 5.75 Å². The molecular formula is C34H38N4OS. The van der Waals surface area contributed by atoms with Crippen LogP contribution in [0.3, 0.4) is 0 Å². The minimum Gasteiger partial charge on any atom is -0.490 e. The van der Waals surface area contributed by atoms with Gasteiger partial charge in [-0.15, -0.1) is 0 Å². The summed E-state index contributed by atoms with van der Waals surface area (Å²) in [5.41, 5.74) is 9.64. The SMILES string of the molecule is CCc1cccc(C)c1-n1c(C)cc([C@H]2[C@H](c3ccccn3)NC(=S)N2c2ccc(OC3CCCC3)cc2)c1C. The first-order chi connectivity index (χ1) is 19.5. The number of aromatic nitrogens is 2. The number of rotatable bonds is 7. The molecule has 206 valence electrons. The molecule has 0 bridgehead atoms. The van der Waals surface area contributed by atoms with E-state index in [0.29, 0.717) is 11.2 Å². The van der Waals surface area contributed by atoms with Crippen molar-refractivity contribution in [1.29, 1.82) is 0 Å². The van der Waals surface area contributed by atoms with Gasteiger partial charge < -0.3 is 19.5 Å². The Hall–Kier alpha value is -3.64. The van der Waals surface area contributed by atoms with Crippen LogP contribution in [0.2, 0.25) is 0 Å². The van der Waals surface area contributed by atoms with Crippen LogP contribution >= 0.6 is 12.2 Å². The minimum absolute atomic E-state index is 0.0574. The molecule has 40 heavy (non-hydrogen) atoms. The predicted octanol–water partition coefficient (Wildman–Crippen LogP) is 7.86. The van der Waals surface area contributed by atoms with Crippen molar-refractivity contribution >= 4 is 23.0 Å². The number of benzene rings is 2. The van der Waals surface area contributed by atoms with Crippen LogP contribution < -0.4 is 15.0 Å². The molecule has 0 spiro atoms. The number of nitrogens with one attached hydrogen (secondary N) is 1. The Balaban J connectivity index is 1.44. The van der Waals surface area contributed by atoms with Gasteiger partial charge in [0.2, 0.25) is 0 Å². The first kappa shape index (κ1) is 26.6. The summed E-state index contributed by atoms with van der Waals surface area (Å²) >= 11 is 6.01. The van der Waals surface area contributed by atoms with Crippen molar-refractivity contribution in [2.45, 2.75) is 78.0 Å². The number of hydrogen-bond acceptors (Lipinski definition) is 3. The summed E-state index contributed by atoms with van der Waals surface area (Å²) in [6, 6.07) is 23.4. The maximum absolute atomic E-state index is 6.26. The minimum atomic E-state index is -0.0837. The van der Waals surface area contributed by atoms with Crippen molar-refractivity contribution in [2.24, 2.45) is 0 Å². The molecule has 2 aromatic heterocycles. The summed E-state index contributed by atoms with van der Waals surface area (Å²) < 4.78 is 8.69. The van der Waals surface area contributed by atoms with Crippen LogP contribution in [0.4, 0.5) is 5.69 Å². The highest BCUT2D eigenvalue weighted by Crippen LogP contribution is 2.44. The number of anilines is 1. The van der Waals surface area contributed by atoms with Crippen molar-refractivity contribution in [3.05, 3.63) is 107 Å². The fourth-order valence-electron chi connectivity index (χ4n) is 6.59. The first-order valence-electron chi connectivity index (χ1n) is 14.5. The van der Waals surface area contributed by atoms with E-state index in [9.17, 15) is 0 Å². The largest absolute Gasteiger partial charge is 0.490 e. The second-order valence-corrected chi connectivity index (χ2v) is 11.5. The van der Waals surface area contributed by atoms with Gasteiger partial charge in [0.15, 0.2) is 5.11 Å². The third-order valence-electron chi connectivity index (χ3n) is 8.53. The van der Waals surface area contributed by atoms with Crippen molar-refractivity contribution in [1.82, 2.24) is 14.9 Å². The van der Waals surface area contributed by atoms with Crippen LogP contribution in [0.15, 0.2) is 72.9 Å². The number of pyridine rings is 1. The summed E-state index contributed by atoms with van der Waals surface area (Å²) in [5, 5.41) is 4.33. The molecular weight excluding hydrogens is 512 g/mol. The Labute approximate surface area is 243 Å². The van der Waals surface area contributed by atoms with Crippen molar-refractivity contribution in [2.75, 3.05) is 4.90 Å². The van der Waals surface area contributed by atoms with Crippen molar-refractivity contribution in [3.8, 4) is 11.4 Å². The molecule has 1 aliphatic carbocycles. The molecule has 5 nitrogen and oxygen atoms in total. The molecule has 1 saturated heterocycles. The lowest BCUT2D eigenvalue weighted by atomic mass is 9.96. The maximum atomic E-state index is 6.26. The van der Waals surface area contributed by atoms with Crippen LogP contribution in [-0.4, -0.2) is 20.8 Å². The monoisotopic (exact) mass is 550 g/mol. The Morgan fingerprint density at radius 3 is 2.45 bits per heavy atom. The zero-order valence-corrected chi connectivity index (χ0v) is 24.7. The highest BCUT2D eigenvalue weighted by molar-refractivity contribution is 7.80. The Morgan fingerprint density at radius 1 is 0.975 bits per heavy atom. The lowest BCUT2D eigenvalue weighted by Gasteiger charge is -2.28. The summed E-state index contributed by atoms with van der Waals surface area (Å²) in [4.78, 5) is 7.02. The second-order valence-electron chi connectivity index (χ2n) is 11.1. The Bertz CT molecular complexity index is 1510. The van der Waals surface area contributed by atoms with Gasteiger partial charge in [0, 0.05) is 23.3 Å². The van der Waals surface area contributed by atoms with Crippen molar-refractivity contribution in [3.63, 3.8) is 0 Å². The molecule has 6 rings (SSSR count). The number of ether oxygens (including phenoxy) is 1. The standard InChI is InChI=1S/C34H38N4OS/c1-5-25-12-10-11-22(2)32(25)37-23(3)21-29(24(37)4)33-31(30-15-8-9-20-35-30)36-34(40)38(33)26-16-18-28(19-17-26)39-27-13-6-7-14-27/h8-12,15-21,27,31,33H,5-7,13-14H2,1-4H3,(H,36,40)/t31-,33-/m0/s1. The van der Waals surface area contributed by atoms with Gasteiger partial charge in [0.1, 0.15) is 5.75 Å². The lowest BCUT2D eigenvalue weighted by Crippen LogP contribution is -2.29. The summed E-state index contributed by atoms with van der Waals surface area (Å²) in [6.07, 6.45) is 7.98. The Kier molecular flexibility index (Phi) is 7.37. The van der Waals surface area contributed by atoms with Crippen LogP contribution in [0, 0.1) is 20.8 Å². The first-order valence-corrected chi connectivity index (χ1v) is 14.9. The molecule has 2 fully saturated rings. The summed E-state index contributed by atoms with van der Waals surface area (Å²) in [6.45, 7) is 8.88. The smallest absolute Gasteiger partial charge is 0.174 e. The Morgan fingerprint density at radius 2 is 1.75 bits per heavy atom. The van der Waals surface area contributed by atoms with E-state index in [4.69, 9.17) is 21.9 Å². The highest BCUT2D eigenvalue weighted by atomic mass is 32.1. The molecule has 1 saturated carbocycles. The topological polar surface area (TPSA) is 42.3 Å². The highest BCUT2D eigenvalue weighted by Gasteiger charge is 2.42. The van der Waals surface area contributed by atoms with Gasteiger partial charge in [0.05, 0.1) is 29.6 Å². The van der Waals surface area contributed by atoms with E-state index in [0.717, 1.165) is 36.4 Å². The normalized spacial score (nSPS) is 19.3. The van der Waals surface area contributed by atoms with E-state index in [-0.39, 0.29) is 12.1 Å². The maximum Gasteiger partial charge on any atom is 0.174 e. The number of hydrogen-bond donors (Lipinski definition) is 1. The number of nitrogens with zero attached hydrogens (tertiary/aromatic N) is 3. The fourth-order valence-corrected chi connectivity index (χ4v) is 6.94. The van der Waals surface area contributed by atoms with Crippen molar-refractivity contribution < 1.29 is 4.74 Å². The predicted molar refractivity (Wildman–Crippen MR) is 167 cm³/mol. The molecule has 2 atom stereocenters. The second kappa shape index (κ2) is 11.1. The van der Waals surface area contributed by atoms with Gasteiger partial charge in [-0.05, 0) is 124 Å². The molecule has 0 unspecified atom stereocenters. The van der Waals surface area contributed by atoms with Crippen LogP contribution in [-0.2, 0) is 6.42 Å². The van der Waals surface area contributed by atoms with E-state index < -0.39 is 0 Å². The van der Waals surface area contributed by atoms with Gasteiger partial charge in [-0.3, -0.25) is 4.98 Å². The number of para-hydroxylation sites is 1. The zero-order valence-electron chi connectivity index (χ0n) is 23.9. The third-order valence-corrected chi connectivity index (χ3v) is 8.85. The summed E-state index contributed by atoms with van der Waals surface area (Å²) in [5.74, 6) is 0.927. The van der Waals surface area contributed by atoms with Crippen LogP contribution in [0.25, 0.3) is 5.69 Å². The molecule has 2 aromatic carbocycles. The number of aryl methyl sites for hydroxylation is 3. The van der Waals surface area contributed by atoms with E-state index in [1.165, 1.54) is 46.6 Å². The number of thiocarbonyl (C=S) groups is 1. The van der Waals surface area contributed by atoms with E-state index in [1.807, 2.05) is 18.3 Å². The average molecular weight is 551 g/mol. The van der Waals surface area contributed by atoms with Gasteiger partial charge in [-0.1, -0.05) is 31.2 Å². The molecule has 0 radical (unpaired) electrons. The molecule has 0 amide bonds. The quantitative estimate of drug-likeness (QED) is 0.237. The summed E-state index contributed by atoms with van der Waals surface area (Å²) in [7, 11) is 0. The van der Waals surface area contributed by atoms with Gasteiger partial charge in [0.25, 0.3) is 0 Å². The van der Waals surface area contributed by atoms with E-state index >= 15 is 0 Å². The molecule has 2 aliphatic rings.